The summed E-state index contributed by atoms with van der Waals surface area (Å²) in [4.78, 5) is 27.3. The van der Waals surface area contributed by atoms with Gasteiger partial charge in [-0.2, -0.15) is 0 Å². The van der Waals surface area contributed by atoms with Crippen LogP contribution in [0.5, 0.6) is 0 Å². The molecule has 1 saturated carbocycles. The highest BCUT2D eigenvalue weighted by Gasteiger charge is 2.39. The minimum absolute atomic E-state index is 0.0202. The number of nitrogens with one attached hydrogen (secondary N) is 1. The van der Waals surface area contributed by atoms with E-state index in [0.717, 1.165) is 19.1 Å². The van der Waals surface area contributed by atoms with E-state index < -0.39 is 9.84 Å². The van der Waals surface area contributed by atoms with Crippen molar-refractivity contribution in [2.75, 3.05) is 19.5 Å². The van der Waals surface area contributed by atoms with Crippen LogP contribution in [-0.4, -0.2) is 55.7 Å². The molecule has 0 atom stereocenters. The summed E-state index contributed by atoms with van der Waals surface area (Å²) >= 11 is 5.98. The Morgan fingerprint density at radius 2 is 2.08 bits per heavy atom. The molecule has 0 radical (unpaired) electrons. The second-order valence-electron chi connectivity index (χ2n) is 6.13. The Morgan fingerprint density at radius 1 is 1.38 bits per heavy atom. The predicted molar refractivity (Wildman–Crippen MR) is 88.2 cm³/mol. The first-order valence-corrected chi connectivity index (χ1v) is 9.83. The molecule has 130 valence electrons. The number of urea groups is 1. The molecule has 1 aromatic carbocycles. The van der Waals surface area contributed by atoms with Gasteiger partial charge in [0.15, 0.2) is 9.84 Å². The highest BCUT2D eigenvalue weighted by atomic mass is 35.5. The van der Waals surface area contributed by atoms with Crippen LogP contribution in [0.4, 0.5) is 4.79 Å². The van der Waals surface area contributed by atoms with Gasteiger partial charge < -0.3 is 10.2 Å². The molecule has 2 aliphatic rings. The number of nitrogens with zero attached hydrogens (tertiary/aromatic N) is 2. The summed E-state index contributed by atoms with van der Waals surface area (Å²) in [5, 5.41) is 2.85. The van der Waals surface area contributed by atoms with E-state index in [2.05, 4.69) is 5.32 Å². The molecule has 1 heterocycles. The van der Waals surface area contributed by atoms with Crippen molar-refractivity contribution in [3.8, 4) is 0 Å². The molecule has 0 aromatic heterocycles. The standard InChI is InChI=1S/C15H18ClN3O4S/c1-24(22,23)13-5-2-10(6-12(13)16)7-17-15(21)18-8-14(20)19(9-18)11-3-4-11/h2,5-6,11H,3-4,7-9H2,1H3,(H,17,21). The van der Waals surface area contributed by atoms with Crippen LogP contribution in [0, 0.1) is 0 Å². The van der Waals surface area contributed by atoms with E-state index >= 15 is 0 Å². The van der Waals surface area contributed by atoms with Crippen LogP contribution in [0.2, 0.25) is 5.02 Å². The van der Waals surface area contributed by atoms with Crippen LogP contribution in [0.25, 0.3) is 0 Å². The Hall–Kier alpha value is -1.80. The van der Waals surface area contributed by atoms with Crippen LogP contribution in [0.15, 0.2) is 23.1 Å². The Balaban J connectivity index is 1.59. The van der Waals surface area contributed by atoms with Crippen molar-refractivity contribution in [1.29, 1.82) is 0 Å². The molecule has 0 spiro atoms. The summed E-state index contributed by atoms with van der Waals surface area (Å²) in [6.45, 7) is 0.621. The van der Waals surface area contributed by atoms with Gasteiger partial charge in [-0.1, -0.05) is 17.7 Å². The van der Waals surface area contributed by atoms with E-state index in [1.54, 1.807) is 11.0 Å². The predicted octanol–water partition coefficient (Wildman–Crippen LogP) is 1.22. The lowest BCUT2D eigenvalue weighted by Gasteiger charge is -2.18. The zero-order chi connectivity index (χ0) is 17.5. The van der Waals surface area contributed by atoms with Crippen LogP contribution in [-0.2, 0) is 21.2 Å². The van der Waals surface area contributed by atoms with Gasteiger partial charge in [-0.05, 0) is 30.5 Å². The van der Waals surface area contributed by atoms with E-state index in [0.29, 0.717) is 12.2 Å². The van der Waals surface area contributed by atoms with Crippen LogP contribution >= 0.6 is 11.6 Å². The third-order valence-corrected chi connectivity index (χ3v) is 5.66. The number of benzene rings is 1. The smallest absolute Gasteiger partial charge is 0.319 e. The summed E-state index contributed by atoms with van der Waals surface area (Å²) in [5.74, 6) is -0.0202. The zero-order valence-corrected chi connectivity index (χ0v) is 14.7. The summed E-state index contributed by atoms with van der Waals surface area (Å²) in [7, 11) is -3.38. The maximum atomic E-state index is 12.2. The average Bonchev–Trinajstić information content (AvgIpc) is 3.26. The van der Waals surface area contributed by atoms with Gasteiger partial charge in [0.2, 0.25) is 5.91 Å². The average molecular weight is 372 g/mol. The fraction of sp³-hybridized carbons (Fsp3) is 0.467. The van der Waals surface area contributed by atoms with Gasteiger partial charge in [0, 0.05) is 18.8 Å². The van der Waals surface area contributed by atoms with Crippen molar-refractivity contribution in [3.63, 3.8) is 0 Å². The molecule has 1 aliphatic heterocycles. The van der Waals surface area contributed by atoms with Crippen molar-refractivity contribution in [1.82, 2.24) is 15.1 Å². The van der Waals surface area contributed by atoms with Crippen molar-refractivity contribution in [2.24, 2.45) is 0 Å². The molecule has 1 aliphatic carbocycles. The van der Waals surface area contributed by atoms with Gasteiger partial charge in [-0.3, -0.25) is 9.69 Å². The van der Waals surface area contributed by atoms with E-state index in [9.17, 15) is 18.0 Å². The highest BCUT2D eigenvalue weighted by Crippen LogP contribution is 2.29. The maximum Gasteiger partial charge on any atom is 0.319 e. The fourth-order valence-electron chi connectivity index (χ4n) is 2.65. The third-order valence-electron chi connectivity index (χ3n) is 4.08. The number of amides is 3. The van der Waals surface area contributed by atoms with Gasteiger partial charge in [0.25, 0.3) is 0 Å². The number of halogens is 1. The maximum absolute atomic E-state index is 12.2. The first-order chi connectivity index (χ1) is 11.3. The summed E-state index contributed by atoms with van der Waals surface area (Å²) < 4.78 is 23.1. The van der Waals surface area contributed by atoms with Crippen LogP contribution in [0.1, 0.15) is 18.4 Å². The molecule has 3 amide bonds. The monoisotopic (exact) mass is 371 g/mol. The topological polar surface area (TPSA) is 86.8 Å². The Kier molecular flexibility index (Phi) is 4.44. The fourth-order valence-corrected chi connectivity index (χ4v) is 4.00. The van der Waals surface area contributed by atoms with Crippen molar-refractivity contribution in [2.45, 2.75) is 30.3 Å². The van der Waals surface area contributed by atoms with E-state index in [1.165, 1.54) is 17.0 Å². The molecule has 1 aromatic rings. The van der Waals surface area contributed by atoms with E-state index in [-0.39, 0.29) is 41.0 Å². The normalized spacial score (nSPS) is 18.2. The molecule has 0 unspecified atom stereocenters. The lowest BCUT2D eigenvalue weighted by molar-refractivity contribution is -0.127. The first kappa shape index (κ1) is 17.0. The molecule has 7 nitrogen and oxygen atoms in total. The van der Waals surface area contributed by atoms with E-state index in [4.69, 9.17) is 11.6 Å². The lowest BCUT2D eigenvalue weighted by Crippen LogP contribution is -2.39. The summed E-state index contributed by atoms with van der Waals surface area (Å²) in [6, 6.07) is 4.51. The van der Waals surface area contributed by atoms with Gasteiger partial charge in [-0.15, -0.1) is 0 Å². The molecule has 9 heteroatoms. The number of carbonyl (C=O) groups excluding carboxylic acids is 2. The van der Waals surface area contributed by atoms with Gasteiger partial charge >= 0.3 is 6.03 Å². The second kappa shape index (κ2) is 6.25. The Labute approximate surface area is 145 Å². The minimum atomic E-state index is -3.38. The molecule has 2 fully saturated rings. The van der Waals surface area contributed by atoms with Crippen LogP contribution < -0.4 is 5.32 Å². The molecular weight excluding hydrogens is 354 g/mol. The van der Waals surface area contributed by atoms with Crippen LogP contribution in [0.3, 0.4) is 0 Å². The van der Waals surface area contributed by atoms with Gasteiger partial charge in [-0.25, -0.2) is 13.2 Å². The number of carbonyl (C=O) groups is 2. The minimum Gasteiger partial charge on any atom is -0.334 e. The summed E-state index contributed by atoms with van der Waals surface area (Å²) in [5.41, 5.74) is 0.685. The number of sulfone groups is 1. The molecule has 0 bridgehead atoms. The third kappa shape index (κ3) is 3.64. The molecular formula is C15H18ClN3O4S. The molecule has 24 heavy (non-hydrogen) atoms. The summed E-state index contributed by atoms with van der Waals surface area (Å²) in [6.07, 6.45) is 3.10. The quantitative estimate of drug-likeness (QED) is 0.862. The van der Waals surface area contributed by atoms with Crippen molar-refractivity contribution >= 4 is 33.4 Å². The first-order valence-electron chi connectivity index (χ1n) is 7.56. The van der Waals surface area contributed by atoms with E-state index in [1.807, 2.05) is 0 Å². The van der Waals surface area contributed by atoms with Crippen molar-refractivity contribution < 1.29 is 18.0 Å². The molecule has 3 rings (SSSR count). The SMILES string of the molecule is CS(=O)(=O)c1ccc(CNC(=O)N2CC(=O)N(C3CC3)C2)cc1Cl. The Morgan fingerprint density at radius 3 is 2.67 bits per heavy atom. The largest absolute Gasteiger partial charge is 0.334 e. The second-order valence-corrected chi connectivity index (χ2v) is 8.52. The number of hydrogen-bond donors (Lipinski definition) is 1. The highest BCUT2D eigenvalue weighted by molar-refractivity contribution is 7.90. The molecule has 1 N–H and O–H groups in total. The number of hydrogen-bond acceptors (Lipinski definition) is 4. The lowest BCUT2D eigenvalue weighted by atomic mass is 10.2. The number of rotatable bonds is 4. The van der Waals surface area contributed by atoms with Gasteiger partial charge in [0.1, 0.15) is 6.54 Å². The van der Waals surface area contributed by atoms with Gasteiger partial charge in [0.05, 0.1) is 16.6 Å². The van der Waals surface area contributed by atoms with Crippen molar-refractivity contribution in [3.05, 3.63) is 28.8 Å². The molecule has 1 saturated heterocycles. The Bertz CT molecular complexity index is 792. The zero-order valence-electron chi connectivity index (χ0n) is 13.2.